The lowest BCUT2D eigenvalue weighted by Crippen LogP contribution is -2.51. The molecular weight excluding hydrogens is 259 g/mol. The first-order valence-electron chi connectivity index (χ1n) is 6.53. The summed E-state index contributed by atoms with van der Waals surface area (Å²) < 4.78 is 36.5. The molecule has 1 aliphatic rings. The third kappa shape index (κ3) is 7.37. The molecule has 0 aliphatic carbocycles. The van der Waals surface area contributed by atoms with Gasteiger partial charge in [-0.15, -0.1) is 0 Å². The third-order valence-electron chi connectivity index (χ3n) is 3.13. The first-order chi connectivity index (χ1) is 8.76. The van der Waals surface area contributed by atoms with Gasteiger partial charge in [-0.25, -0.2) is 0 Å². The predicted octanol–water partition coefficient (Wildman–Crippen LogP) is 0.985. The average Bonchev–Trinajstić information content (AvgIpc) is 2.24. The van der Waals surface area contributed by atoms with Gasteiger partial charge in [-0.3, -0.25) is 9.69 Å². The van der Waals surface area contributed by atoms with Crippen LogP contribution in [0.25, 0.3) is 0 Å². The van der Waals surface area contributed by atoms with Crippen molar-refractivity contribution >= 4 is 5.91 Å². The van der Waals surface area contributed by atoms with Crippen LogP contribution < -0.4 is 10.6 Å². The lowest BCUT2D eigenvalue weighted by molar-refractivity contribution is -0.127. The average molecular weight is 281 g/mol. The summed E-state index contributed by atoms with van der Waals surface area (Å²) in [7, 11) is 0. The molecule has 112 valence electrons. The highest BCUT2D eigenvalue weighted by Crippen LogP contribution is 2.18. The molecule has 7 heteroatoms. The van der Waals surface area contributed by atoms with Crippen molar-refractivity contribution in [3.8, 4) is 0 Å². The topological polar surface area (TPSA) is 44.4 Å². The van der Waals surface area contributed by atoms with Crippen molar-refractivity contribution in [3.05, 3.63) is 0 Å². The van der Waals surface area contributed by atoms with Crippen molar-refractivity contribution in [3.63, 3.8) is 0 Å². The van der Waals surface area contributed by atoms with Crippen molar-refractivity contribution in [2.45, 2.75) is 32.5 Å². The van der Waals surface area contributed by atoms with Crippen molar-refractivity contribution in [2.24, 2.45) is 5.92 Å². The van der Waals surface area contributed by atoms with E-state index in [1.165, 1.54) is 6.92 Å². The summed E-state index contributed by atoms with van der Waals surface area (Å²) in [4.78, 5) is 12.9. The molecule has 1 amide bonds. The van der Waals surface area contributed by atoms with Crippen LogP contribution in [0.15, 0.2) is 0 Å². The van der Waals surface area contributed by atoms with Gasteiger partial charge in [0.05, 0.1) is 6.54 Å². The van der Waals surface area contributed by atoms with Gasteiger partial charge in [-0.1, -0.05) is 6.92 Å². The second-order valence-corrected chi connectivity index (χ2v) is 5.28. The molecule has 4 nitrogen and oxygen atoms in total. The highest BCUT2D eigenvalue weighted by atomic mass is 19.4. The number of amides is 1. The summed E-state index contributed by atoms with van der Waals surface area (Å²) in [5.74, 6) is 0.272. The summed E-state index contributed by atoms with van der Waals surface area (Å²) in [5, 5.41) is 5.26. The second kappa shape index (κ2) is 7.09. The lowest BCUT2D eigenvalue weighted by atomic mass is 9.96. The van der Waals surface area contributed by atoms with Crippen molar-refractivity contribution in [1.82, 2.24) is 15.5 Å². The molecule has 2 atom stereocenters. The Bertz CT molecular complexity index is 296. The van der Waals surface area contributed by atoms with E-state index < -0.39 is 12.7 Å². The fourth-order valence-electron chi connectivity index (χ4n) is 2.44. The van der Waals surface area contributed by atoms with Crippen LogP contribution in [-0.2, 0) is 4.79 Å². The summed E-state index contributed by atoms with van der Waals surface area (Å²) in [6.07, 6.45) is -3.41. The van der Waals surface area contributed by atoms with Crippen molar-refractivity contribution < 1.29 is 18.0 Å². The van der Waals surface area contributed by atoms with E-state index in [0.717, 1.165) is 13.0 Å². The van der Waals surface area contributed by atoms with Crippen LogP contribution in [0.3, 0.4) is 0 Å². The summed E-state index contributed by atoms with van der Waals surface area (Å²) >= 11 is 0. The number of hydrogen-bond donors (Lipinski definition) is 2. The summed E-state index contributed by atoms with van der Waals surface area (Å²) in [6.45, 7) is 5.22. The maximum absolute atomic E-state index is 12.2. The first-order valence-corrected chi connectivity index (χ1v) is 6.53. The van der Waals surface area contributed by atoms with E-state index in [2.05, 4.69) is 15.5 Å². The number of nitrogens with one attached hydrogen (secondary N) is 2. The normalized spacial score (nSPS) is 25.3. The minimum atomic E-state index is -4.16. The maximum atomic E-state index is 12.2. The van der Waals surface area contributed by atoms with Gasteiger partial charge in [0.1, 0.15) is 0 Å². The Balaban J connectivity index is 2.33. The van der Waals surface area contributed by atoms with Gasteiger partial charge in [0.2, 0.25) is 5.91 Å². The highest BCUT2D eigenvalue weighted by Gasteiger charge is 2.30. The van der Waals surface area contributed by atoms with Crippen LogP contribution in [0, 0.1) is 5.92 Å². The monoisotopic (exact) mass is 281 g/mol. The van der Waals surface area contributed by atoms with E-state index in [9.17, 15) is 18.0 Å². The number of rotatable bonds is 5. The quantitative estimate of drug-likeness (QED) is 0.790. The number of carbonyl (C=O) groups excluding carboxylic acids is 1. The Morgan fingerprint density at radius 3 is 2.63 bits per heavy atom. The Kier molecular flexibility index (Phi) is 6.06. The molecule has 2 unspecified atom stereocenters. The minimum Gasteiger partial charge on any atom is -0.355 e. The van der Waals surface area contributed by atoms with E-state index in [-0.39, 0.29) is 11.9 Å². The van der Waals surface area contributed by atoms with Crippen LogP contribution in [0.2, 0.25) is 0 Å². The first kappa shape index (κ1) is 16.2. The maximum Gasteiger partial charge on any atom is 0.401 e. The molecule has 0 aromatic heterocycles. The summed E-state index contributed by atoms with van der Waals surface area (Å²) in [6, 6.07) is -0.136. The van der Waals surface area contributed by atoms with Crippen LogP contribution in [-0.4, -0.2) is 55.7 Å². The van der Waals surface area contributed by atoms with Gasteiger partial charge < -0.3 is 10.6 Å². The van der Waals surface area contributed by atoms with Crippen LogP contribution in [0.4, 0.5) is 13.2 Å². The van der Waals surface area contributed by atoms with E-state index in [4.69, 9.17) is 0 Å². The Morgan fingerprint density at radius 1 is 1.37 bits per heavy atom. The molecule has 1 aliphatic heterocycles. The predicted molar refractivity (Wildman–Crippen MR) is 66.8 cm³/mol. The number of piperidine rings is 1. The van der Waals surface area contributed by atoms with Gasteiger partial charge >= 0.3 is 6.18 Å². The molecule has 0 saturated carbocycles. The summed E-state index contributed by atoms with van der Waals surface area (Å²) in [5.41, 5.74) is 0. The largest absolute Gasteiger partial charge is 0.401 e. The molecule has 1 fully saturated rings. The molecule has 0 aromatic carbocycles. The SMILES string of the molecule is CC(=O)NCCN1CC(C)CC(NCC(F)(F)F)C1. The Morgan fingerprint density at radius 2 is 2.05 bits per heavy atom. The molecule has 0 spiro atoms. The molecule has 1 rings (SSSR count). The molecule has 2 N–H and O–H groups in total. The van der Waals surface area contributed by atoms with E-state index >= 15 is 0 Å². The zero-order valence-corrected chi connectivity index (χ0v) is 11.4. The highest BCUT2D eigenvalue weighted by molar-refractivity contribution is 5.72. The Hall–Kier alpha value is -0.820. The zero-order valence-electron chi connectivity index (χ0n) is 11.4. The molecule has 19 heavy (non-hydrogen) atoms. The Labute approximate surface area is 111 Å². The minimum absolute atomic E-state index is 0.0863. The number of carbonyl (C=O) groups is 1. The van der Waals surface area contributed by atoms with Gasteiger partial charge in [-0.2, -0.15) is 13.2 Å². The number of halogens is 3. The smallest absolute Gasteiger partial charge is 0.355 e. The fourth-order valence-corrected chi connectivity index (χ4v) is 2.44. The second-order valence-electron chi connectivity index (χ2n) is 5.28. The molecule has 0 bridgehead atoms. The number of nitrogens with zero attached hydrogens (tertiary/aromatic N) is 1. The van der Waals surface area contributed by atoms with Gasteiger partial charge in [0.25, 0.3) is 0 Å². The third-order valence-corrected chi connectivity index (χ3v) is 3.13. The van der Waals surface area contributed by atoms with Crippen molar-refractivity contribution in [2.75, 3.05) is 32.7 Å². The fraction of sp³-hybridized carbons (Fsp3) is 0.917. The van der Waals surface area contributed by atoms with Gasteiger partial charge in [0, 0.05) is 39.1 Å². The van der Waals surface area contributed by atoms with Crippen molar-refractivity contribution in [1.29, 1.82) is 0 Å². The molecule has 1 heterocycles. The van der Waals surface area contributed by atoms with E-state index in [1.807, 2.05) is 6.92 Å². The van der Waals surface area contributed by atoms with E-state index in [1.54, 1.807) is 0 Å². The van der Waals surface area contributed by atoms with E-state index in [0.29, 0.717) is 25.6 Å². The standard InChI is InChI=1S/C12H22F3N3O/c1-9-5-11(17-8-12(13,14)15)7-18(6-9)4-3-16-10(2)19/h9,11,17H,3-8H2,1-2H3,(H,16,19). The molecule has 0 radical (unpaired) electrons. The number of likely N-dealkylation sites (tertiary alicyclic amines) is 1. The molecule has 1 saturated heterocycles. The van der Waals surface area contributed by atoms with Gasteiger partial charge in [-0.05, 0) is 12.3 Å². The van der Waals surface area contributed by atoms with Gasteiger partial charge in [0.15, 0.2) is 0 Å². The zero-order chi connectivity index (χ0) is 14.5. The van der Waals surface area contributed by atoms with Crippen LogP contribution >= 0.6 is 0 Å². The number of alkyl halides is 3. The lowest BCUT2D eigenvalue weighted by Gasteiger charge is -2.37. The molecule has 0 aromatic rings. The number of hydrogen-bond acceptors (Lipinski definition) is 3. The molecular formula is C12H22F3N3O. The van der Waals surface area contributed by atoms with Crippen LogP contribution in [0.1, 0.15) is 20.3 Å². The van der Waals surface area contributed by atoms with Crippen LogP contribution in [0.5, 0.6) is 0 Å².